The molecule has 7 nitrogen and oxygen atoms in total. The number of oxazole rings is 1. The normalized spacial score (nSPS) is 11.1. The summed E-state index contributed by atoms with van der Waals surface area (Å²) in [6.07, 6.45) is 2.90. The molecule has 0 N–H and O–H groups in total. The van der Waals surface area contributed by atoms with Crippen molar-refractivity contribution < 1.29 is 32.2 Å². The van der Waals surface area contributed by atoms with Crippen LogP contribution in [0.4, 0.5) is 8.78 Å². The topological polar surface area (TPSA) is 75.3 Å². The van der Waals surface area contributed by atoms with Crippen molar-refractivity contribution in [1.82, 2.24) is 4.98 Å². The molecule has 3 rings (SSSR count). The Morgan fingerprint density at radius 1 is 1.07 bits per heavy atom. The molecule has 0 saturated carbocycles. The van der Waals surface area contributed by atoms with Crippen LogP contribution >= 0.6 is 0 Å². The van der Waals surface area contributed by atoms with Gasteiger partial charge in [0.25, 0.3) is 0 Å². The standard InChI is InChI=1S/C20H18F2N2O5/c1-25-16-6-4-14(5-7-16)19-24-15(11-27-19)12-28-23-10-13-3-8-17(29-20(21)22)18(9-13)26-2/h3-11,20H,12H2,1-2H3/b23-10+. The van der Waals surface area contributed by atoms with Crippen molar-refractivity contribution in [2.45, 2.75) is 13.2 Å². The third-order valence-corrected chi connectivity index (χ3v) is 3.78. The van der Waals surface area contributed by atoms with Crippen LogP contribution in [0, 0.1) is 0 Å². The first-order valence-electron chi connectivity index (χ1n) is 8.46. The van der Waals surface area contributed by atoms with E-state index in [2.05, 4.69) is 14.9 Å². The summed E-state index contributed by atoms with van der Waals surface area (Å²) in [5.41, 5.74) is 1.95. The zero-order chi connectivity index (χ0) is 20.6. The maximum Gasteiger partial charge on any atom is 0.387 e. The minimum Gasteiger partial charge on any atom is -0.497 e. The Kier molecular flexibility index (Phi) is 6.62. The van der Waals surface area contributed by atoms with Crippen LogP contribution in [0.5, 0.6) is 17.2 Å². The monoisotopic (exact) mass is 404 g/mol. The lowest BCUT2D eigenvalue weighted by atomic mass is 10.2. The molecule has 0 radical (unpaired) electrons. The SMILES string of the molecule is COc1ccc(-c2nc(CO/N=C/c3ccc(OC(F)F)c(OC)c3)co2)cc1. The summed E-state index contributed by atoms with van der Waals surface area (Å²) in [5, 5.41) is 3.84. The fourth-order valence-corrected chi connectivity index (χ4v) is 2.40. The van der Waals surface area contributed by atoms with Gasteiger partial charge in [0.2, 0.25) is 5.89 Å². The van der Waals surface area contributed by atoms with Crippen molar-refractivity contribution in [2.75, 3.05) is 14.2 Å². The highest BCUT2D eigenvalue weighted by molar-refractivity contribution is 5.80. The van der Waals surface area contributed by atoms with E-state index in [0.29, 0.717) is 17.1 Å². The molecule has 0 atom stereocenters. The molecule has 152 valence electrons. The average molecular weight is 404 g/mol. The van der Waals surface area contributed by atoms with E-state index >= 15 is 0 Å². The lowest BCUT2D eigenvalue weighted by Gasteiger charge is -2.09. The van der Waals surface area contributed by atoms with E-state index in [-0.39, 0.29) is 18.1 Å². The van der Waals surface area contributed by atoms with E-state index in [1.807, 2.05) is 24.3 Å². The molecule has 0 bridgehead atoms. The van der Waals surface area contributed by atoms with Crippen LogP contribution in [0.25, 0.3) is 11.5 Å². The lowest BCUT2D eigenvalue weighted by molar-refractivity contribution is -0.0512. The zero-order valence-corrected chi connectivity index (χ0v) is 15.7. The molecule has 0 aliphatic carbocycles. The number of alkyl halides is 2. The molecule has 0 fully saturated rings. The number of ether oxygens (including phenoxy) is 3. The molecule has 0 amide bonds. The number of nitrogens with zero attached hydrogens (tertiary/aromatic N) is 2. The number of methoxy groups -OCH3 is 2. The molecule has 0 saturated heterocycles. The van der Waals surface area contributed by atoms with Gasteiger partial charge in [0.1, 0.15) is 17.7 Å². The molecule has 1 heterocycles. The van der Waals surface area contributed by atoms with Crippen LogP contribution in [0.1, 0.15) is 11.3 Å². The van der Waals surface area contributed by atoms with Gasteiger partial charge in [-0.2, -0.15) is 8.78 Å². The van der Waals surface area contributed by atoms with Crippen LogP contribution in [0.2, 0.25) is 0 Å². The van der Waals surface area contributed by atoms with Crippen LogP contribution in [0.15, 0.2) is 58.3 Å². The highest BCUT2D eigenvalue weighted by Gasteiger charge is 2.11. The molecule has 0 aliphatic rings. The second-order valence-electron chi connectivity index (χ2n) is 5.67. The first-order valence-corrected chi connectivity index (χ1v) is 8.46. The lowest BCUT2D eigenvalue weighted by Crippen LogP contribution is -2.03. The minimum absolute atomic E-state index is 0.0609. The number of hydrogen-bond acceptors (Lipinski definition) is 7. The van der Waals surface area contributed by atoms with Gasteiger partial charge in [0, 0.05) is 11.1 Å². The Hall–Kier alpha value is -3.62. The van der Waals surface area contributed by atoms with E-state index in [0.717, 1.165) is 11.3 Å². The Morgan fingerprint density at radius 2 is 1.86 bits per heavy atom. The first-order chi connectivity index (χ1) is 14.1. The van der Waals surface area contributed by atoms with Gasteiger partial charge >= 0.3 is 6.61 Å². The van der Waals surface area contributed by atoms with E-state index in [1.165, 1.54) is 31.7 Å². The van der Waals surface area contributed by atoms with Crippen LogP contribution in [0.3, 0.4) is 0 Å². The average Bonchev–Trinajstić information content (AvgIpc) is 3.20. The van der Waals surface area contributed by atoms with Crippen LogP contribution < -0.4 is 14.2 Å². The fourth-order valence-electron chi connectivity index (χ4n) is 2.40. The number of rotatable bonds is 9. The Balaban J connectivity index is 1.57. The summed E-state index contributed by atoms with van der Waals surface area (Å²) < 4.78 is 44.6. The molecule has 9 heteroatoms. The summed E-state index contributed by atoms with van der Waals surface area (Å²) in [6.45, 7) is -2.84. The van der Waals surface area contributed by atoms with Gasteiger partial charge < -0.3 is 23.5 Å². The van der Waals surface area contributed by atoms with Gasteiger partial charge in [0.15, 0.2) is 18.1 Å². The van der Waals surface area contributed by atoms with Crippen molar-refractivity contribution in [3.05, 3.63) is 60.0 Å². The second kappa shape index (κ2) is 9.54. The summed E-state index contributed by atoms with van der Waals surface area (Å²) >= 11 is 0. The number of benzene rings is 2. The maximum absolute atomic E-state index is 12.3. The number of aromatic nitrogens is 1. The minimum atomic E-state index is -2.93. The quantitative estimate of drug-likeness (QED) is 0.386. The number of oxime groups is 1. The van der Waals surface area contributed by atoms with Crippen LogP contribution in [-0.2, 0) is 11.4 Å². The van der Waals surface area contributed by atoms with E-state index in [9.17, 15) is 8.78 Å². The highest BCUT2D eigenvalue weighted by atomic mass is 19.3. The summed E-state index contributed by atoms with van der Waals surface area (Å²) in [7, 11) is 2.95. The Bertz CT molecular complexity index is 958. The third-order valence-electron chi connectivity index (χ3n) is 3.78. The summed E-state index contributed by atoms with van der Waals surface area (Å²) in [4.78, 5) is 9.55. The summed E-state index contributed by atoms with van der Waals surface area (Å²) in [6, 6.07) is 11.7. The van der Waals surface area contributed by atoms with E-state index in [4.69, 9.17) is 18.7 Å². The largest absolute Gasteiger partial charge is 0.497 e. The van der Waals surface area contributed by atoms with Crippen molar-refractivity contribution in [1.29, 1.82) is 0 Å². The van der Waals surface area contributed by atoms with E-state index in [1.54, 1.807) is 13.2 Å². The fraction of sp³-hybridized carbons (Fsp3) is 0.200. The van der Waals surface area contributed by atoms with Crippen molar-refractivity contribution in [3.63, 3.8) is 0 Å². The molecular weight excluding hydrogens is 386 g/mol. The maximum atomic E-state index is 12.3. The highest BCUT2D eigenvalue weighted by Crippen LogP contribution is 2.29. The predicted molar refractivity (Wildman–Crippen MR) is 101 cm³/mol. The van der Waals surface area contributed by atoms with Gasteiger partial charge in [-0.15, -0.1) is 0 Å². The van der Waals surface area contributed by atoms with Crippen molar-refractivity contribution >= 4 is 6.21 Å². The van der Waals surface area contributed by atoms with Gasteiger partial charge in [-0.05, 0) is 42.5 Å². The van der Waals surface area contributed by atoms with Crippen molar-refractivity contribution in [2.24, 2.45) is 5.16 Å². The third kappa shape index (κ3) is 5.44. The van der Waals surface area contributed by atoms with Gasteiger partial charge in [-0.25, -0.2) is 4.98 Å². The molecule has 0 spiro atoms. The smallest absolute Gasteiger partial charge is 0.387 e. The molecule has 1 aromatic heterocycles. The Morgan fingerprint density at radius 3 is 2.55 bits per heavy atom. The molecule has 0 unspecified atom stereocenters. The molecule has 3 aromatic rings. The van der Waals surface area contributed by atoms with Gasteiger partial charge in [-0.1, -0.05) is 5.16 Å². The molecular formula is C20H18F2N2O5. The van der Waals surface area contributed by atoms with Crippen LogP contribution in [-0.4, -0.2) is 32.0 Å². The number of halogens is 2. The van der Waals surface area contributed by atoms with E-state index < -0.39 is 6.61 Å². The second-order valence-corrected chi connectivity index (χ2v) is 5.67. The predicted octanol–water partition coefficient (Wildman–Crippen LogP) is 4.51. The summed E-state index contributed by atoms with van der Waals surface area (Å²) in [5.74, 6) is 1.29. The zero-order valence-electron chi connectivity index (χ0n) is 15.7. The van der Waals surface area contributed by atoms with Gasteiger partial charge in [-0.3, -0.25) is 0 Å². The van der Waals surface area contributed by atoms with Crippen molar-refractivity contribution in [3.8, 4) is 28.7 Å². The Labute approximate surface area is 165 Å². The first kappa shape index (κ1) is 20.1. The number of hydrogen-bond donors (Lipinski definition) is 0. The molecule has 0 aliphatic heterocycles. The molecule has 29 heavy (non-hydrogen) atoms. The molecule has 2 aromatic carbocycles. The van der Waals surface area contributed by atoms with Gasteiger partial charge in [0.05, 0.1) is 20.4 Å².